The fourth-order valence-corrected chi connectivity index (χ4v) is 3.60. The van der Waals surface area contributed by atoms with E-state index in [2.05, 4.69) is 21.0 Å². The maximum Gasteiger partial charge on any atom is 0.436 e. The highest BCUT2D eigenvalue weighted by atomic mass is 79.9. The van der Waals surface area contributed by atoms with Crippen LogP contribution < -0.4 is 0 Å². The summed E-state index contributed by atoms with van der Waals surface area (Å²) in [6.07, 6.45) is -3.20. The van der Waals surface area contributed by atoms with Crippen molar-refractivity contribution in [3.05, 3.63) is 40.0 Å². The van der Waals surface area contributed by atoms with Gasteiger partial charge in [0.25, 0.3) is 5.91 Å². The topological polar surface area (TPSA) is 71.6 Å². The number of hydrogen-bond donors (Lipinski definition) is 0. The molecule has 1 fully saturated rings. The van der Waals surface area contributed by atoms with Crippen molar-refractivity contribution in [3.63, 3.8) is 0 Å². The van der Waals surface area contributed by atoms with E-state index in [1.165, 1.54) is 25.0 Å². The van der Waals surface area contributed by atoms with E-state index in [0.717, 1.165) is 4.68 Å². The molecule has 0 spiro atoms. The Morgan fingerprint density at radius 3 is 2.32 bits per heavy atom. The van der Waals surface area contributed by atoms with Crippen molar-refractivity contribution in [1.29, 1.82) is 0 Å². The number of amides is 2. The van der Waals surface area contributed by atoms with E-state index in [0.29, 0.717) is 13.1 Å². The number of alkyl halides is 3. The Balaban J connectivity index is 1.68. The number of piperazine rings is 1. The molecule has 2 amide bonds. The second-order valence-electron chi connectivity index (χ2n) is 6.46. The Hall–Kier alpha value is -2.30. The second kappa shape index (κ2) is 7.61. The lowest BCUT2D eigenvalue weighted by molar-refractivity contribution is -0.143. The Labute approximate surface area is 167 Å². The highest BCUT2D eigenvalue weighted by Crippen LogP contribution is 2.36. The van der Waals surface area contributed by atoms with Gasteiger partial charge in [-0.25, -0.2) is 0 Å². The number of hydrogen-bond acceptors (Lipinski definition) is 4. The number of carbonyl (C=O) groups excluding carboxylic acids is 2. The minimum Gasteiger partial charge on any atom is -0.459 e. The van der Waals surface area contributed by atoms with Crippen LogP contribution in [0, 0.1) is 6.92 Å². The summed E-state index contributed by atoms with van der Waals surface area (Å²) < 4.78 is 45.2. The van der Waals surface area contributed by atoms with Crippen LogP contribution >= 0.6 is 15.9 Å². The molecule has 28 heavy (non-hydrogen) atoms. The molecule has 0 bridgehead atoms. The predicted molar refractivity (Wildman–Crippen MR) is 95.6 cm³/mol. The van der Waals surface area contributed by atoms with E-state index in [-0.39, 0.29) is 40.8 Å². The first-order valence-corrected chi connectivity index (χ1v) is 9.34. The SMILES string of the molecule is Cc1c(Br)c(C(F)(F)F)nn1C(C)C(=O)N1CCN(C(=O)c2ccco2)CC1. The van der Waals surface area contributed by atoms with Gasteiger partial charge in [-0.05, 0) is 41.9 Å². The Morgan fingerprint density at radius 1 is 1.21 bits per heavy atom. The van der Waals surface area contributed by atoms with Gasteiger partial charge < -0.3 is 14.2 Å². The Morgan fingerprint density at radius 2 is 1.82 bits per heavy atom. The molecule has 0 aliphatic carbocycles. The van der Waals surface area contributed by atoms with Gasteiger partial charge >= 0.3 is 6.18 Å². The molecule has 1 saturated heterocycles. The molecule has 1 aliphatic heterocycles. The fraction of sp³-hybridized carbons (Fsp3) is 0.471. The van der Waals surface area contributed by atoms with Crippen molar-refractivity contribution >= 4 is 27.7 Å². The molecule has 1 unspecified atom stereocenters. The molecule has 0 radical (unpaired) electrons. The molecule has 2 aromatic rings. The van der Waals surface area contributed by atoms with Crippen molar-refractivity contribution in [2.75, 3.05) is 26.2 Å². The van der Waals surface area contributed by atoms with Crippen molar-refractivity contribution in [1.82, 2.24) is 19.6 Å². The first kappa shape index (κ1) is 20.4. The first-order chi connectivity index (χ1) is 13.1. The number of rotatable bonds is 3. The number of halogens is 4. The predicted octanol–water partition coefficient (Wildman–Crippen LogP) is 3.11. The number of aromatic nitrogens is 2. The molecule has 0 N–H and O–H groups in total. The van der Waals surface area contributed by atoms with Gasteiger partial charge in [0.05, 0.1) is 16.4 Å². The summed E-state index contributed by atoms with van der Waals surface area (Å²) in [5.74, 6) is -0.381. The standard InChI is InChI=1S/C17H18BrF3N4O3/c1-10-13(18)14(17(19,20)21)22-25(10)11(2)15(26)23-5-7-24(8-6-23)16(27)12-4-3-9-28-12/h3-4,9,11H,5-8H2,1-2H3. The molecule has 0 aromatic carbocycles. The summed E-state index contributed by atoms with van der Waals surface area (Å²) in [5.41, 5.74) is -0.835. The van der Waals surface area contributed by atoms with Gasteiger partial charge in [-0.3, -0.25) is 14.3 Å². The Kier molecular flexibility index (Phi) is 5.55. The van der Waals surface area contributed by atoms with E-state index in [1.54, 1.807) is 17.0 Å². The van der Waals surface area contributed by atoms with Gasteiger partial charge in [-0.15, -0.1) is 0 Å². The molecule has 2 aromatic heterocycles. The number of nitrogens with zero attached hydrogens (tertiary/aromatic N) is 4. The molecule has 1 aliphatic rings. The quantitative estimate of drug-likeness (QED) is 0.702. The lowest BCUT2D eigenvalue weighted by Gasteiger charge is -2.35. The van der Waals surface area contributed by atoms with Gasteiger partial charge in [0.1, 0.15) is 6.04 Å². The molecule has 152 valence electrons. The number of carbonyl (C=O) groups is 2. The summed E-state index contributed by atoms with van der Waals surface area (Å²) in [4.78, 5) is 28.1. The molecule has 1 atom stereocenters. The summed E-state index contributed by atoms with van der Waals surface area (Å²) in [7, 11) is 0. The maximum atomic E-state index is 13.1. The van der Waals surface area contributed by atoms with Crippen molar-refractivity contribution in [2.45, 2.75) is 26.1 Å². The van der Waals surface area contributed by atoms with Gasteiger partial charge in [0.2, 0.25) is 5.91 Å². The highest BCUT2D eigenvalue weighted by molar-refractivity contribution is 9.10. The van der Waals surface area contributed by atoms with E-state index >= 15 is 0 Å². The molecule has 3 heterocycles. The summed E-state index contributed by atoms with van der Waals surface area (Å²) in [6, 6.07) is 2.28. The third kappa shape index (κ3) is 3.80. The molecule has 11 heteroatoms. The van der Waals surface area contributed by atoms with Crippen LogP contribution in [0.3, 0.4) is 0 Å². The smallest absolute Gasteiger partial charge is 0.436 e. The zero-order valence-electron chi connectivity index (χ0n) is 15.2. The fourth-order valence-electron chi connectivity index (χ4n) is 3.11. The van der Waals surface area contributed by atoms with E-state index in [4.69, 9.17) is 4.42 Å². The largest absolute Gasteiger partial charge is 0.459 e. The third-order valence-corrected chi connectivity index (χ3v) is 5.63. The van der Waals surface area contributed by atoms with Crippen molar-refractivity contribution < 1.29 is 27.2 Å². The van der Waals surface area contributed by atoms with Gasteiger partial charge in [0, 0.05) is 26.2 Å². The second-order valence-corrected chi connectivity index (χ2v) is 7.25. The third-order valence-electron chi connectivity index (χ3n) is 4.68. The van der Waals surface area contributed by atoms with Crippen LogP contribution in [0.1, 0.15) is 34.9 Å². The molecular weight excluding hydrogens is 445 g/mol. The minimum atomic E-state index is -4.62. The molecule has 3 rings (SSSR count). The van der Waals surface area contributed by atoms with E-state index in [9.17, 15) is 22.8 Å². The lowest BCUT2D eigenvalue weighted by Crippen LogP contribution is -2.52. The average Bonchev–Trinajstić information content (AvgIpc) is 3.29. The van der Waals surface area contributed by atoms with Crippen LogP contribution in [0.2, 0.25) is 0 Å². The maximum absolute atomic E-state index is 13.1. The van der Waals surface area contributed by atoms with Gasteiger partial charge in [-0.1, -0.05) is 0 Å². The number of furan rings is 1. The van der Waals surface area contributed by atoms with E-state index < -0.39 is 17.9 Å². The van der Waals surface area contributed by atoms with Crippen molar-refractivity contribution in [2.24, 2.45) is 0 Å². The van der Waals surface area contributed by atoms with Crippen LogP contribution in [-0.2, 0) is 11.0 Å². The van der Waals surface area contributed by atoms with Crippen LogP contribution in [0.25, 0.3) is 0 Å². The zero-order chi connectivity index (χ0) is 20.6. The summed E-state index contributed by atoms with van der Waals surface area (Å²) in [6.45, 7) is 4.17. The molecule has 7 nitrogen and oxygen atoms in total. The highest BCUT2D eigenvalue weighted by Gasteiger charge is 2.39. The summed E-state index contributed by atoms with van der Waals surface area (Å²) >= 11 is 2.91. The van der Waals surface area contributed by atoms with Gasteiger partial charge in [0.15, 0.2) is 11.5 Å². The zero-order valence-corrected chi connectivity index (χ0v) is 16.7. The summed E-state index contributed by atoms with van der Waals surface area (Å²) in [5, 5.41) is 3.59. The monoisotopic (exact) mass is 462 g/mol. The Bertz CT molecular complexity index is 871. The first-order valence-electron chi connectivity index (χ1n) is 8.54. The molecule has 0 saturated carbocycles. The van der Waals surface area contributed by atoms with Crippen LogP contribution in [-0.4, -0.2) is 57.6 Å². The lowest BCUT2D eigenvalue weighted by atomic mass is 10.2. The molecular formula is C17H18BrF3N4O3. The van der Waals surface area contributed by atoms with Crippen LogP contribution in [0.4, 0.5) is 13.2 Å². The average molecular weight is 463 g/mol. The normalized spacial score (nSPS) is 16.4. The van der Waals surface area contributed by atoms with Crippen LogP contribution in [0.15, 0.2) is 27.3 Å². The minimum absolute atomic E-state index is 0.173. The van der Waals surface area contributed by atoms with E-state index in [1.807, 2.05) is 0 Å². The van der Waals surface area contributed by atoms with Crippen LogP contribution in [0.5, 0.6) is 0 Å². The van der Waals surface area contributed by atoms with Gasteiger partial charge in [-0.2, -0.15) is 18.3 Å². The van der Waals surface area contributed by atoms with Crippen molar-refractivity contribution in [3.8, 4) is 0 Å².